The third kappa shape index (κ3) is 4.37. The lowest BCUT2D eigenvalue weighted by molar-refractivity contribution is 0.187. The number of nitrogens with zero attached hydrogens (tertiary/aromatic N) is 5. The maximum atomic E-state index is 12.6. The van der Waals surface area contributed by atoms with E-state index in [0.29, 0.717) is 36.2 Å². The van der Waals surface area contributed by atoms with Crippen LogP contribution in [-0.2, 0) is 0 Å². The number of piperidine rings is 1. The summed E-state index contributed by atoms with van der Waals surface area (Å²) in [5, 5.41) is 8.43. The van der Waals surface area contributed by atoms with Crippen molar-refractivity contribution in [3.63, 3.8) is 0 Å². The number of hydrogen-bond donors (Lipinski definition) is 1. The molecule has 0 bridgehead atoms. The van der Waals surface area contributed by atoms with E-state index in [1.165, 1.54) is 0 Å². The molecule has 0 spiro atoms. The first kappa shape index (κ1) is 20.7. The highest BCUT2D eigenvalue weighted by Gasteiger charge is 2.28. The van der Waals surface area contributed by atoms with Crippen molar-refractivity contribution in [3.8, 4) is 11.5 Å². The van der Waals surface area contributed by atoms with Crippen molar-refractivity contribution in [2.45, 2.75) is 18.8 Å². The van der Waals surface area contributed by atoms with Gasteiger partial charge in [0.25, 0.3) is 0 Å². The van der Waals surface area contributed by atoms with Crippen LogP contribution >= 0.6 is 23.2 Å². The third-order valence-electron chi connectivity index (χ3n) is 5.41. The molecule has 162 valence electrons. The number of fused-ring (bicyclic) bond motifs is 1. The zero-order chi connectivity index (χ0) is 22.1. The molecule has 3 aromatic heterocycles. The van der Waals surface area contributed by atoms with Crippen LogP contribution in [0.1, 0.15) is 24.7 Å². The number of likely N-dealkylation sites (tertiary alicyclic amines) is 1. The summed E-state index contributed by atoms with van der Waals surface area (Å²) >= 11 is 11.8. The number of amides is 2. The fourth-order valence-electron chi connectivity index (χ4n) is 3.76. The first-order valence-electron chi connectivity index (χ1n) is 10.1. The number of carbonyl (C=O) groups is 1. The Bertz CT molecular complexity index is 1270. The average molecular weight is 469 g/mol. The number of halogens is 2. The Morgan fingerprint density at radius 3 is 2.53 bits per heavy atom. The van der Waals surface area contributed by atoms with Gasteiger partial charge < -0.3 is 14.7 Å². The van der Waals surface area contributed by atoms with E-state index >= 15 is 0 Å². The lowest BCUT2D eigenvalue weighted by Gasteiger charge is -2.30. The lowest BCUT2D eigenvalue weighted by Crippen LogP contribution is -2.40. The van der Waals surface area contributed by atoms with Crippen molar-refractivity contribution < 1.29 is 9.32 Å². The van der Waals surface area contributed by atoms with Gasteiger partial charge in [-0.25, -0.2) is 14.8 Å². The van der Waals surface area contributed by atoms with E-state index in [2.05, 4.69) is 25.4 Å². The molecule has 0 atom stereocenters. The Kier molecular flexibility index (Phi) is 5.63. The minimum Gasteiger partial charge on any atom is -0.339 e. The van der Waals surface area contributed by atoms with Crippen molar-refractivity contribution >= 4 is 45.8 Å². The number of para-hydroxylation sites is 1. The number of nitrogens with one attached hydrogen (secondary N) is 1. The summed E-state index contributed by atoms with van der Waals surface area (Å²) in [5.74, 6) is 1.13. The molecule has 0 saturated carbocycles. The zero-order valence-electron chi connectivity index (χ0n) is 16.8. The van der Waals surface area contributed by atoms with Crippen LogP contribution in [0, 0.1) is 0 Å². The highest BCUT2D eigenvalue weighted by Crippen LogP contribution is 2.29. The maximum absolute atomic E-state index is 12.6. The van der Waals surface area contributed by atoms with Crippen molar-refractivity contribution in [2.24, 2.45) is 0 Å². The van der Waals surface area contributed by atoms with Gasteiger partial charge in [-0.15, -0.1) is 0 Å². The molecule has 1 aliphatic heterocycles. The molecule has 10 heteroatoms. The summed E-state index contributed by atoms with van der Waals surface area (Å²) in [5.41, 5.74) is 2.06. The predicted molar refractivity (Wildman–Crippen MR) is 122 cm³/mol. The number of rotatable bonds is 3. The van der Waals surface area contributed by atoms with Gasteiger partial charge in [0.1, 0.15) is 16.0 Å². The highest BCUT2D eigenvalue weighted by molar-refractivity contribution is 6.33. The molecular formula is C22H18Cl2N6O2. The van der Waals surface area contributed by atoms with Crippen LogP contribution in [0.25, 0.3) is 22.4 Å². The summed E-state index contributed by atoms with van der Waals surface area (Å²) in [7, 11) is 0. The Morgan fingerprint density at radius 1 is 1.00 bits per heavy atom. The first-order chi connectivity index (χ1) is 15.5. The van der Waals surface area contributed by atoms with E-state index in [4.69, 9.17) is 27.7 Å². The van der Waals surface area contributed by atoms with Crippen LogP contribution in [0.5, 0.6) is 0 Å². The molecule has 0 unspecified atom stereocenters. The van der Waals surface area contributed by atoms with Crippen LogP contribution in [-0.4, -0.2) is 44.1 Å². The molecule has 8 nitrogen and oxygen atoms in total. The van der Waals surface area contributed by atoms with Gasteiger partial charge in [-0.2, -0.15) is 4.98 Å². The summed E-state index contributed by atoms with van der Waals surface area (Å²) in [4.78, 5) is 27.4. The van der Waals surface area contributed by atoms with Gasteiger partial charge in [0.2, 0.25) is 11.7 Å². The minimum atomic E-state index is -0.214. The van der Waals surface area contributed by atoms with Gasteiger partial charge in [0, 0.05) is 30.1 Å². The van der Waals surface area contributed by atoms with Gasteiger partial charge in [-0.3, -0.25) is 0 Å². The molecule has 2 amide bonds. The van der Waals surface area contributed by atoms with Crippen LogP contribution in [0.4, 0.5) is 10.5 Å². The van der Waals surface area contributed by atoms with Crippen molar-refractivity contribution in [2.75, 3.05) is 18.4 Å². The van der Waals surface area contributed by atoms with E-state index in [1.807, 2.05) is 36.4 Å². The van der Waals surface area contributed by atoms with Gasteiger partial charge in [-0.05, 0) is 37.1 Å². The second-order valence-corrected chi connectivity index (χ2v) is 8.31. The quantitative estimate of drug-likeness (QED) is 0.404. The first-order valence-corrected chi connectivity index (χ1v) is 10.9. The number of carbonyl (C=O) groups excluding carboxylic acids is 1. The molecule has 5 rings (SSSR count). The standard InChI is InChI=1S/C22H18Cl2N6O2/c23-18-11-15(12-19(24)27-18)25-22(31)30-9-7-14(8-10-30)21-28-20(29-32-21)17-6-5-13-3-1-2-4-16(13)26-17/h1-6,11-12,14H,7-10H2,(H,25,27,31). The number of anilines is 1. The molecule has 1 aliphatic rings. The van der Waals surface area contributed by atoms with Crippen LogP contribution < -0.4 is 5.32 Å². The lowest BCUT2D eigenvalue weighted by atomic mass is 9.97. The van der Waals surface area contributed by atoms with E-state index < -0.39 is 0 Å². The van der Waals surface area contributed by atoms with Crippen molar-refractivity contribution in [3.05, 3.63) is 64.7 Å². The summed E-state index contributed by atoms with van der Waals surface area (Å²) in [6.45, 7) is 1.13. The fraction of sp³-hybridized carbons (Fsp3) is 0.227. The number of benzene rings is 1. The maximum Gasteiger partial charge on any atom is 0.321 e. The Morgan fingerprint density at radius 2 is 1.75 bits per heavy atom. The summed E-state index contributed by atoms with van der Waals surface area (Å²) in [6, 6.07) is 14.7. The van der Waals surface area contributed by atoms with E-state index in [9.17, 15) is 4.79 Å². The number of urea groups is 1. The smallest absolute Gasteiger partial charge is 0.321 e. The normalized spacial score (nSPS) is 14.6. The summed E-state index contributed by atoms with van der Waals surface area (Å²) in [6.07, 6.45) is 1.44. The monoisotopic (exact) mass is 468 g/mol. The molecule has 1 aromatic carbocycles. The van der Waals surface area contributed by atoms with Gasteiger partial charge in [-0.1, -0.05) is 52.6 Å². The Balaban J connectivity index is 1.22. The average Bonchev–Trinajstić information content (AvgIpc) is 3.28. The van der Waals surface area contributed by atoms with Crippen LogP contribution in [0.3, 0.4) is 0 Å². The molecule has 1 N–H and O–H groups in total. The van der Waals surface area contributed by atoms with Crippen LogP contribution in [0.2, 0.25) is 10.3 Å². The SMILES string of the molecule is O=C(Nc1cc(Cl)nc(Cl)c1)N1CCC(c2nc(-c3ccc4ccccc4n3)no2)CC1. The Labute approximate surface area is 193 Å². The van der Waals surface area contributed by atoms with Gasteiger partial charge in [0.05, 0.1) is 5.52 Å². The summed E-state index contributed by atoms with van der Waals surface area (Å²) < 4.78 is 5.53. The van der Waals surface area contributed by atoms with Crippen LogP contribution in [0.15, 0.2) is 53.1 Å². The van der Waals surface area contributed by atoms with Gasteiger partial charge >= 0.3 is 6.03 Å². The van der Waals surface area contributed by atoms with Crippen molar-refractivity contribution in [1.82, 2.24) is 25.0 Å². The molecule has 1 saturated heterocycles. The molecular weight excluding hydrogens is 451 g/mol. The Hall–Kier alpha value is -3.23. The second kappa shape index (κ2) is 8.72. The largest absolute Gasteiger partial charge is 0.339 e. The second-order valence-electron chi connectivity index (χ2n) is 7.54. The van der Waals surface area contributed by atoms with E-state index in [-0.39, 0.29) is 22.3 Å². The third-order valence-corrected chi connectivity index (χ3v) is 5.80. The molecule has 32 heavy (non-hydrogen) atoms. The van der Waals surface area contributed by atoms with E-state index in [1.54, 1.807) is 17.0 Å². The molecule has 1 fully saturated rings. The number of aromatic nitrogens is 4. The zero-order valence-corrected chi connectivity index (χ0v) is 18.3. The van der Waals surface area contributed by atoms with Crippen molar-refractivity contribution in [1.29, 1.82) is 0 Å². The topological polar surface area (TPSA) is 97.0 Å². The molecule has 4 heterocycles. The minimum absolute atomic E-state index is 0.0885. The highest BCUT2D eigenvalue weighted by atomic mass is 35.5. The fourth-order valence-corrected chi connectivity index (χ4v) is 4.23. The molecule has 4 aromatic rings. The van der Waals surface area contributed by atoms with Gasteiger partial charge in [0.15, 0.2) is 0 Å². The molecule has 0 radical (unpaired) electrons. The number of pyridine rings is 2. The van der Waals surface area contributed by atoms with E-state index in [0.717, 1.165) is 23.7 Å². The number of hydrogen-bond acceptors (Lipinski definition) is 6. The predicted octanol–water partition coefficient (Wildman–Crippen LogP) is 5.40. The molecule has 0 aliphatic carbocycles.